The molecular weight excluding hydrogens is 541 g/mol. The van der Waals surface area contributed by atoms with Gasteiger partial charge in [0.1, 0.15) is 5.60 Å². The summed E-state index contributed by atoms with van der Waals surface area (Å²) in [4.78, 5) is 12.1. The summed E-state index contributed by atoms with van der Waals surface area (Å²) in [6, 6.07) is 9.01. The molecule has 1 aliphatic heterocycles. The summed E-state index contributed by atoms with van der Waals surface area (Å²) in [6.45, 7) is 8.98. The molecule has 0 amide bonds. The van der Waals surface area contributed by atoms with E-state index in [1.807, 2.05) is 13.0 Å². The third kappa shape index (κ3) is 6.87. The van der Waals surface area contributed by atoms with Crippen LogP contribution in [0, 0.1) is 23.2 Å². The van der Waals surface area contributed by atoms with Crippen molar-refractivity contribution in [1.29, 1.82) is 0 Å². The maximum atomic E-state index is 12.1. The molecule has 3 nitrogen and oxygen atoms in total. The quantitative estimate of drug-likeness (QED) is 0.349. The molecule has 0 radical (unpaired) electrons. The fraction of sp³-hybridized carbons (Fsp3) is 0.606. The zero-order valence-electron chi connectivity index (χ0n) is 21.2. The zero-order valence-corrected chi connectivity index (χ0v) is 24.2. The number of allylic oxidation sites excluding steroid dienone is 1. The minimum atomic E-state index is -0.985. The molecule has 2 fully saturated rings. The number of hydrogen-bond donors (Lipinski definition) is 1. The Morgan fingerprint density at radius 3 is 2.21 bits per heavy atom. The van der Waals surface area contributed by atoms with Crippen LogP contribution in [-0.2, 0) is 9.53 Å². The minimum absolute atomic E-state index is 0. The van der Waals surface area contributed by atoms with E-state index >= 15 is 0 Å². The summed E-state index contributed by atoms with van der Waals surface area (Å²) >= 11 is 0. The van der Waals surface area contributed by atoms with Crippen LogP contribution in [0.15, 0.2) is 47.1 Å². The molecule has 1 unspecified atom stereocenters. The number of ketones is 1. The molecule has 5 rings (SSSR count). The molecule has 3 aliphatic carbocycles. The number of carbonyl (C=O) groups is 1. The Hall–Kier alpha value is -1.10. The van der Waals surface area contributed by atoms with Gasteiger partial charge in [-0.25, -0.2) is 0 Å². The molecule has 1 aromatic carbocycles. The summed E-state index contributed by atoms with van der Waals surface area (Å²) in [5.74, 6) is 7.30. The standard InChI is InChI=1S/C29H34O3.4CH4.3H2S/c1-5-13-29(31)14-12-25-27-26(23-11-10-22(30)15-21(23)17-32-27)24(16-28(25,29)4)20-8-6-19(7-9-20)18(2)3;;;;;;;/h6-9,15,18,24-25,27,31H,10-12,14,16-17H2,1-4H3;4*1H4;3*1H2/t24?,25-,27-,28-,29-;;;;;;;/m0......./s1. The molecule has 39 heavy (non-hydrogen) atoms. The Balaban J connectivity index is -0.00000185. The number of rotatable bonds is 2. The van der Waals surface area contributed by atoms with Crippen molar-refractivity contribution in [3.8, 4) is 11.8 Å². The van der Waals surface area contributed by atoms with Crippen LogP contribution in [0.4, 0.5) is 0 Å². The van der Waals surface area contributed by atoms with E-state index in [1.165, 1.54) is 22.3 Å². The monoisotopic (exact) mass is 596 g/mol. The SMILES string of the molecule is C.C.C.C.CC#C[C@]1(O)CC[C@H]2[C@@H]3OCC4=CC(=O)CCC4=C3C(c3ccc(C(C)C)cc3)C[C@@]21C.S.S.S. The Morgan fingerprint density at radius 2 is 1.64 bits per heavy atom. The number of benzene rings is 1. The van der Waals surface area contributed by atoms with Gasteiger partial charge in [0, 0.05) is 17.8 Å². The number of fused-ring (bicyclic) bond motifs is 4. The molecule has 0 aromatic heterocycles. The van der Waals surface area contributed by atoms with Gasteiger partial charge in [-0.3, -0.25) is 4.79 Å². The van der Waals surface area contributed by atoms with Crippen molar-refractivity contribution in [1.82, 2.24) is 0 Å². The first-order chi connectivity index (χ1) is 15.3. The van der Waals surface area contributed by atoms with E-state index in [9.17, 15) is 9.90 Å². The fourth-order valence-electron chi connectivity index (χ4n) is 6.84. The van der Waals surface area contributed by atoms with Gasteiger partial charge in [-0.15, -0.1) is 5.92 Å². The number of carbonyl (C=O) groups excluding carboxylic acids is 1. The van der Waals surface area contributed by atoms with Crippen molar-refractivity contribution < 1.29 is 14.6 Å². The van der Waals surface area contributed by atoms with Gasteiger partial charge in [-0.2, -0.15) is 40.5 Å². The van der Waals surface area contributed by atoms with Crippen molar-refractivity contribution in [2.24, 2.45) is 11.3 Å². The van der Waals surface area contributed by atoms with E-state index in [0.29, 0.717) is 25.4 Å². The van der Waals surface area contributed by atoms with Crippen molar-refractivity contribution in [3.05, 3.63) is 58.2 Å². The molecule has 1 heterocycles. The van der Waals surface area contributed by atoms with Gasteiger partial charge in [0.15, 0.2) is 5.78 Å². The maximum absolute atomic E-state index is 12.1. The van der Waals surface area contributed by atoms with Crippen LogP contribution >= 0.6 is 40.5 Å². The van der Waals surface area contributed by atoms with Gasteiger partial charge < -0.3 is 9.84 Å². The third-order valence-corrected chi connectivity index (χ3v) is 8.70. The van der Waals surface area contributed by atoms with Crippen molar-refractivity contribution in [2.75, 3.05) is 6.61 Å². The second kappa shape index (κ2) is 15.8. The van der Waals surface area contributed by atoms with Gasteiger partial charge in [-0.1, -0.05) is 80.7 Å². The van der Waals surface area contributed by atoms with Gasteiger partial charge >= 0.3 is 0 Å². The van der Waals surface area contributed by atoms with Crippen LogP contribution in [0.25, 0.3) is 0 Å². The third-order valence-electron chi connectivity index (χ3n) is 8.70. The highest BCUT2D eigenvalue weighted by atomic mass is 32.1. The molecule has 0 spiro atoms. The Kier molecular flexibility index (Phi) is 17.1. The van der Waals surface area contributed by atoms with E-state index < -0.39 is 5.60 Å². The first-order valence-corrected chi connectivity index (χ1v) is 12.1. The van der Waals surface area contributed by atoms with Crippen LogP contribution in [0.5, 0.6) is 0 Å². The van der Waals surface area contributed by atoms with Crippen molar-refractivity contribution in [3.63, 3.8) is 0 Å². The molecule has 4 aliphatic rings. The van der Waals surface area contributed by atoms with Crippen LogP contribution < -0.4 is 0 Å². The van der Waals surface area contributed by atoms with Crippen molar-refractivity contribution in [2.45, 2.75) is 113 Å². The molecule has 0 saturated heterocycles. The van der Waals surface area contributed by atoms with Crippen LogP contribution in [0.3, 0.4) is 0 Å². The summed E-state index contributed by atoms with van der Waals surface area (Å²) in [7, 11) is 0. The average Bonchev–Trinajstić information content (AvgIpc) is 3.03. The smallest absolute Gasteiger partial charge is 0.156 e. The van der Waals surface area contributed by atoms with Crippen LogP contribution in [0.1, 0.15) is 112 Å². The zero-order chi connectivity index (χ0) is 22.7. The lowest BCUT2D eigenvalue weighted by molar-refractivity contribution is -0.115. The second-order valence-electron chi connectivity index (χ2n) is 10.7. The lowest BCUT2D eigenvalue weighted by Gasteiger charge is -2.53. The minimum Gasteiger partial charge on any atom is -0.377 e. The second-order valence-corrected chi connectivity index (χ2v) is 10.7. The lowest BCUT2D eigenvalue weighted by atomic mass is 9.55. The molecule has 1 N–H and O–H groups in total. The van der Waals surface area contributed by atoms with E-state index in [4.69, 9.17) is 4.74 Å². The first kappa shape index (κ1) is 42.4. The molecule has 6 heteroatoms. The van der Waals surface area contributed by atoms with E-state index in [0.717, 1.165) is 24.8 Å². The molecule has 224 valence electrons. The predicted molar refractivity (Wildman–Crippen MR) is 184 cm³/mol. The first-order valence-electron chi connectivity index (χ1n) is 12.1. The Morgan fingerprint density at radius 1 is 1.03 bits per heavy atom. The number of hydrogen-bond acceptors (Lipinski definition) is 3. The van der Waals surface area contributed by atoms with Crippen molar-refractivity contribution >= 4 is 46.3 Å². The van der Waals surface area contributed by atoms with Gasteiger partial charge in [-0.05, 0) is 78.4 Å². The van der Waals surface area contributed by atoms with Crippen LogP contribution in [-0.4, -0.2) is 29.2 Å². The molecular formula is C33H56O3S3. The van der Waals surface area contributed by atoms with Gasteiger partial charge in [0.05, 0.1) is 12.7 Å². The Labute approximate surface area is 261 Å². The lowest BCUT2D eigenvalue weighted by Crippen LogP contribution is -2.53. The molecule has 2 saturated carbocycles. The van der Waals surface area contributed by atoms with Gasteiger partial charge in [0.2, 0.25) is 0 Å². The number of ether oxygens (including phenoxy) is 1. The molecule has 0 bridgehead atoms. The normalized spacial score (nSPS) is 29.6. The van der Waals surface area contributed by atoms with Gasteiger partial charge in [0.25, 0.3) is 0 Å². The summed E-state index contributed by atoms with van der Waals surface area (Å²) in [5.41, 5.74) is 5.07. The molecule has 5 atom stereocenters. The summed E-state index contributed by atoms with van der Waals surface area (Å²) in [5, 5.41) is 11.7. The average molecular weight is 597 g/mol. The van der Waals surface area contributed by atoms with E-state index in [1.54, 1.807) is 0 Å². The summed E-state index contributed by atoms with van der Waals surface area (Å²) in [6.07, 6.45) is 5.64. The maximum Gasteiger partial charge on any atom is 0.156 e. The Bertz CT molecular complexity index is 1080. The largest absolute Gasteiger partial charge is 0.377 e. The van der Waals surface area contributed by atoms with Crippen LogP contribution in [0.2, 0.25) is 0 Å². The summed E-state index contributed by atoms with van der Waals surface area (Å²) < 4.78 is 6.53. The fourth-order valence-corrected chi connectivity index (χ4v) is 6.84. The predicted octanol–water partition coefficient (Wildman–Crippen LogP) is 8.34. The van der Waals surface area contributed by atoms with E-state index in [2.05, 4.69) is 56.9 Å². The topological polar surface area (TPSA) is 46.5 Å². The highest BCUT2D eigenvalue weighted by Crippen LogP contribution is 2.64. The molecule has 1 aromatic rings. The highest BCUT2D eigenvalue weighted by Gasteiger charge is 2.63. The highest BCUT2D eigenvalue weighted by molar-refractivity contribution is 7.59. The number of aliphatic hydroxyl groups is 1. The van der Waals surface area contributed by atoms with E-state index in [-0.39, 0.29) is 99.3 Å².